The van der Waals surface area contributed by atoms with Crippen LogP contribution in [0.1, 0.15) is 25.8 Å². The van der Waals surface area contributed by atoms with E-state index in [0.29, 0.717) is 26.2 Å². The zero-order valence-electron chi connectivity index (χ0n) is 21.8. The van der Waals surface area contributed by atoms with Crippen molar-refractivity contribution in [1.29, 1.82) is 0 Å². The van der Waals surface area contributed by atoms with Gasteiger partial charge in [0.15, 0.2) is 0 Å². The number of carbonyl (C=O) groups is 2. The fourth-order valence-corrected chi connectivity index (χ4v) is 4.61. The van der Waals surface area contributed by atoms with Crippen LogP contribution in [0.3, 0.4) is 0 Å². The van der Waals surface area contributed by atoms with Gasteiger partial charge in [0.2, 0.25) is 5.91 Å². The van der Waals surface area contributed by atoms with Gasteiger partial charge in [-0.15, -0.1) is 0 Å². The molecule has 3 heterocycles. The van der Waals surface area contributed by atoms with Crippen molar-refractivity contribution < 1.29 is 9.59 Å². The molecule has 2 aromatic rings. The van der Waals surface area contributed by atoms with Crippen molar-refractivity contribution in [3.8, 4) is 5.69 Å². The van der Waals surface area contributed by atoms with Gasteiger partial charge in [0.25, 0.3) is 0 Å². The van der Waals surface area contributed by atoms with Crippen molar-refractivity contribution in [3.05, 3.63) is 52.6 Å². The molecule has 3 amide bonds. The summed E-state index contributed by atoms with van der Waals surface area (Å²) < 4.78 is 1.46. The lowest BCUT2D eigenvalue weighted by Crippen LogP contribution is -2.58. The molecule has 1 aromatic heterocycles. The summed E-state index contributed by atoms with van der Waals surface area (Å²) in [6.07, 6.45) is 3.76. The predicted molar refractivity (Wildman–Crippen MR) is 143 cm³/mol. The van der Waals surface area contributed by atoms with Crippen LogP contribution in [0.25, 0.3) is 5.69 Å². The summed E-state index contributed by atoms with van der Waals surface area (Å²) in [6, 6.07) is 9.19. The third-order valence-corrected chi connectivity index (χ3v) is 6.81. The van der Waals surface area contributed by atoms with E-state index < -0.39 is 11.2 Å². The van der Waals surface area contributed by atoms with E-state index in [-0.39, 0.29) is 17.8 Å². The van der Waals surface area contributed by atoms with Crippen LogP contribution in [0, 0.1) is 0 Å². The summed E-state index contributed by atoms with van der Waals surface area (Å²) in [5.74, 6) is 0.0530. The standard InChI is InChI=1S/C26H38N8O3/c1-26(2,27)23(35)32-16-18-33(19-17-32)24(36)29-22-9-14-34(25(37)30-22)21-6-4-20(5-7-21)8-13-31-12-3-10-28-11-15-31/h4-7,9,14,28H,3,8,10-13,15-19,27H2,1-2H3,(H,29,30,36,37). The number of benzene rings is 1. The normalized spacial score (nSPS) is 17.4. The van der Waals surface area contributed by atoms with Crippen LogP contribution in [0.5, 0.6) is 0 Å². The van der Waals surface area contributed by atoms with Gasteiger partial charge in [0.05, 0.1) is 11.2 Å². The molecule has 1 aromatic carbocycles. The molecule has 4 rings (SSSR count). The number of nitrogens with two attached hydrogens (primary N) is 1. The SMILES string of the molecule is CC(C)(N)C(=O)N1CCN(C(=O)Nc2ccn(-c3ccc(CCN4CCCNCC4)cc3)c(=O)n2)CC1. The summed E-state index contributed by atoms with van der Waals surface area (Å²) in [6.45, 7) is 10.3. The average Bonchev–Trinajstić information content (AvgIpc) is 3.16. The van der Waals surface area contributed by atoms with Gasteiger partial charge in [-0.05, 0) is 63.5 Å². The predicted octanol–water partition coefficient (Wildman–Crippen LogP) is 0.484. The van der Waals surface area contributed by atoms with E-state index in [1.54, 1.807) is 35.9 Å². The molecule has 0 aliphatic carbocycles. The van der Waals surface area contributed by atoms with E-state index >= 15 is 0 Å². The Hall–Kier alpha value is -3.28. The average molecular weight is 511 g/mol. The quantitative estimate of drug-likeness (QED) is 0.516. The number of hydrogen-bond acceptors (Lipinski definition) is 7. The summed E-state index contributed by atoms with van der Waals surface area (Å²) >= 11 is 0. The molecule has 0 saturated carbocycles. The van der Waals surface area contributed by atoms with E-state index in [4.69, 9.17) is 5.73 Å². The molecular weight excluding hydrogens is 472 g/mol. The molecule has 2 fully saturated rings. The van der Waals surface area contributed by atoms with Crippen molar-refractivity contribution in [2.75, 3.05) is 64.2 Å². The number of piperazine rings is 1. The van der Waals surface area contributed by atoms with E-state index in [9.17, 15) is 14.4 Å². The molecular formula is C26H38N8O3. The molecule has 200 valence electrons. The lowest BCUT2D eigenvalue weighted by Gasteiger charge is -2.37. The van der Waals surface area contributed by atoms with E-state index in [0.717, 1.165) is 44.8 Å². The highest BCUT2D eigenvalue weighted by molar-refractivity contribution is 5.89. The van der Waals surface area contributed by atoms with Gasteiger partial charge >= 0.3 is 11.7 Å². The second-order valence-corrected chi connectivity index (χ2v) is 10.3. The Morgan fingerprint density at radius 2 is 1.70 bits per heavy atom. The lowest BCUT2D eigenvalue weighted by atomic mass is 10.1. The van der Waals surface area contributed by atoms with Gasteiger partial charge in [-0.3, -0.25) is 14.7 Å². The highest BCUT2D eigenvalue weighted by Crippen LogP contribution is 2.12. The van der Waals surface area contributed by atoms with Gasteiger partial charge in [-0.1, -0.05) is 12.1 Å². The molecule has 0 atom stereocenters. The van der Waals surface area contributed by atoms with Crippen LogP contribution >= 0.6 is 0 Å². The highest BCUT2D eigenvalue weighted by atomic mass is 16.2. The second-order valence-electron chi connectivity index (χ2n) is 10.3. The van der Waals surface area contributed by atoms with Crippen LogP contribution in [0.2, 0.25) is 0 Å². The minimum Gasteiger partial charge on any atom is -0.338 e. The van der Waals surface area contributed by atoms with Crippen LogP contribution < -0.4 is 22.1 Å². The van der Waals surface area contributed by atoms with Crippen LogP contribution in [0.15, 0.2) is 41.3 Å². The Morgan fingerprint density at radius 3 is 2.38 bits per heavy atom. The first kappa shape index (κ1) is 26.8. The first-order valence-electron chi connectivity index (χ1n) is 13.0. The fourth-order valence-electron chi connectivity index (χ4n) is 4.61. The summed E-state index contributed by atoms with van der Waals surface area (Å²) in [4.78, 5) is 47.5. The first-order valence-corrected chi connectivity index (χ1v) is 13.0. The fraction of sp³-hybridized carbons (Fsp3) is 0.538. The van der Waals surface area contributed by atoms with E-state index in [1.165, 1.54) is 16.6 Å². The number of anilines is 1. The lowest BCUT2D eigenvalue weighted by molar-refractivity contribution is -0.137. The zero-order chi connectivity index (χ0) is 26.4. The Balaban J connectivity index is 1.30. The monoisotopic (exact) mass is 510 g/mol. The van der Waals surface area contributed by atoms with E-state index in [1.807, 2.05) is 24.3 Å². The summed E-state index contributed by atoms with van der Waals surface area (Å²) in [5, 5.41) is 6.12. The molecule has 0 spiro atoms. The number of carbonyl (C=O) groups excluding carboxylic acids is 2. The minimum atomic E-state index is -0.941. The number of hydrogen-bond donors (Lipinski definition) is 3. The Kier molecular flexibility index (Phi) is 8.57. The van der Waals surface area contributed by atoms with Crippen molar-refractivity contribution >= 4 is 17.8 Å². The van der Waals surface area contributed by atoms with Crippen molar-refractivity contribution in [2.24, 2.45) is 5.73 Å². The zero-order valence-corrected chi connectivity index (χ0v) is 21.8. The number of amides is 3. The topological polar surface area (TPSA) is 129 Å². The number of nitrogens with zero attached hydrogens (tertiary/aromatic N) is 5. The van der Waals surface area contributed by atoms with Crippen LogP contribution in [-0.2, 0) is 11.2 Å². The molecule has 37 heavy (non-hydrogen) atoms. The van der Waals surface area contributed by atoms with Crippen molar-refractivity contribution in [1.82, 2.24) is 29.6 Å². The molecule has 0 bridgehead atoms. The molecule has 4 N–H and O–H groups in total. The third kappa shape index (κ3) is 7.15. The number of aromatic nitrogens is 2. The Morgan fingerprint density at radius 1 is 1.00 bits per heavy atom. The van der Waals surface area contributed by atoms with E-state index in [2.05, 4.69) is 20.5 Å². The molecule has 2 saturated heterocycles. The van der Waals surface area contributed by atoms with Gasteiger partial charge < -0.3 is 25.8 Å². The molecule has 0 unspecified atom stereocenters. The maximum absolute atomic E-state index is 12.7. The highest BCUT2D eigenvalue weighted by Gasteiger charge is 2.31. The van der Waals surface area contributed by atoms with Gasteiger partial charge in [0, 0.05) is 52.0 Å². The van der Waals surface area contributed by atoms with Gasteiger partial charge in [0.1, 0.15) is 5.82 Å². The summed E-state index contributed by atoms with van der Waals surface area (Å²) in [5.41, 5.74) is 6.44. The molecule has 11 nitrogen and oxygen atoms in total. The maximum Gasteiger partial charge on any atom is 0.354 e. The smallest absolute Gasteiger partial charge is 0.338 e. The van der Waals surface area contributed by atoms with Gasteiger partial charge in [-0.2, -0.15) is 4.98 Å². The third-order valence-electron chi connectivity index (χ3n) is 6.81. The molecule has 11 heteroatoms. The molecule has 2 aliphatic heterocycles. The molecule has 0 radical (unpaired) electrons. The number of nitrogens with one attached hydrogen (secondary N) is 2. The second kappa shape index (κ2) is 11.8. The number of rotatable bonds is 6. The van der Waals surface area contributed by atoms with Crippen molar-refractivity contribution in [3.63, 3.8) is 0 Å². The summed E-state index contributed by atoms with van der Waals surface area (Å²) in [7, 11) is 0. The number of urea groups is 1. The van der Waals surface area contributed by atoms with Crippen molar-refractivity contribution in [2.45, 2.75) is 32.2 Å². The van der Waals surface area contributed by atoms with Gasteiger partial charge in [-0.25, -0.2) is 9.59 Å². The van der Waals surface area contributed by atoms with Crippen LogP contribution in [-0.4, -0.2) is 101 Å². The molecule has 2 aliphatic rings. The largest absolute Gasteiger partial charge is 0.354 e. The van der Waals surface area contributed by atoms with Crippen LogP contribution in [0.4, 0.5) is 10.6 Å². The Bertz CT molecular complexity index is 1130. The maximum atomic E-state index is 12.7. The minimum absolute atomic E-state index is 0.138. The Labute approximate surface area is 217 Å². The first-order chi connectivity index (χ1) is 17.7.